The van der Waals surface area contributed by atoms with Gasteiger partial charge in [0.1, 0.15) is 0 Å². The van der Waals surface area contributed by atoms with E-state index in [0.717, 1.165) is 5.56 Å². The minimum absolute atomic E-state index is 0.0382. The average Bonchev–Trinajstić information content (AvgIpc) is 2.28. The smallest absolute Gasteiger partial charge is 0.353 e. The second-order valence-electron chi connectivity index (χ2n) is 3.78. The van der Waals surface area contributed by atoms with Crippen LogP contribution < -0.4 is 10.9 Å². The van der Waals surface area contributed by atoms with Crippen molar-refractivity contribution in [3.8, 4) is 0 Å². The van der Waals surface area contributed by atoms with Crippen LogP contribution in [0.3, 0.4) is 0 Å². The van der Waals surface area contributed by atoms with Crippen molar-refractivity contribution in [2.24, 2.45) is 10.9 Å². The molecule has 4 N–H and O–H groups in total. The minimum atomic E-state index is -4.23. The largest absolute Gasteiger partial charge is 0.462 e. The summed E-state index contributed by atoms with van der Waals surface area (Å²) < 4.78 is 27.5. The molecule has 0 heterocycles. The average molecular weight is 284 g/mol. The summed E-state index contributed by atoms with van der Waals surface area (Å²) in [6.45, 7) is 1.60. The standard InChI is InChI=1S/C12H16N2O4S/c1-2-18-12(15)11(19(14,16)17)10(13)8-9-6-4-3-5-7-9/h3-7H,2,8,13H2,1H3,(H2,14,16,17)/b11-10+. The Morgan fingerprint density at radius 2 is 1.84 bits per heavy atom. The van der Waals surface area contributed by atoms with Crippen LogP contribution in [0.2, 0.25) is 0 Å². The maximum Gasteiger partial charge on any atom is 0.353 e. The van der Waals surface area contributed by atoms with Crippen LogP contribution in [0.15, 0.2) is 40.9 Å². The number of sulfonamides is 1. The predicted octanol–water partition coefficient (Wildman–Crippen LogP) is 0.251. The first-order chi connectivity index (χ1) is 8.86. The third-order valence-electron chi connectivity index (χ3n) is 2.27. The molecule has 1 aromatic rings. The van der Waals surface area contributed by atoms with Crippen LogP contribution in [-0.4, -0.2) is 21.0 Å². The first-order valence-electron chi connectivity index (χ1n) is 5.58. The van der Waals surface area contributed by atoms with E-state index in [-0.39, 0.29) is 18.7 Å². The molecule has 104 valence electrons. The van der Waals surface area contributed by atoms with Crippen LogP contribution in [0.5, 0.6) is 0 Å². The molecule has 0 radical (unpaired) electrons. The van der Waals surface area contributed by atoms with Crippen LogP contribution in [-0.2, 0) is 26.0 Å². The molecular formula is C12H16N2O4S. The van der Waals surface area contributed by atoms with E-state index in [9.17, 15) is 13.2 Å². The molecule has 0 saturated heterocycles. The van der Waals surface area contributed by atoms with E-state index in [4.69, 9.17) is 10.9 Å². The number of rotatable bonds is 5. The number of hydrogen-bond donors (Lipinski definition) is 2. The van der Waals surface area contributed by atoms with Gasteiger partial charge in [-0.15, -0.1) is 0 Å². The summed E-state index contributed by atoms with van der Waals surface area (Å²) in [4.78, 5) is 10.9. The first kappa shape index (κ1) is 15.2. The molecule has 0 aliphatic rings. The highest BCUT2D eigenvalue weighted by atomic mass is 32.2. The SMILES string of the molecule is CCOC(=O)/C(=C(\N)Cc1ccccc1)S(N)(=O)=O. The van der Waals surface area contributed by atoms with Gasteiger partial charge in [-0.25, -0.2) is 18.4 Å². The lowest BCUT2D eigenvalue weighted by Crippen LogP contribution is -2.27. The van der Waals surface area contributed by atoms with Gasteiger partial charge in [0.05, 0.1) is 6.61 Å². The van der Waals surface area contributed by atoms with Gasteiger partial charge >= 0.3 is 5.97 Å². The number of benzene rings is 1. The van der Waals surface area contributed by atoms with Crippen molar-refractivity contribution < 1.29 is 17.9 Å². The van der Waals surface area contributed by atoms with Gasteiger partial charge in [-0.2, -0.15) is 0 Å². The lowest BCUT2D eigenvalue weighted by molar-refractivity contribution is -0.137. The third-order valence-corrected chi connectivity index (χ3v) is 3.27. The summed E-state index contributed by atoms with van der Waals surface area (Å²) in [5, 5.41) is 5.00. The number of carbonyl (C=O) groups excluding carboxylic acids is 1. The summed E-state index contributed by atoms with van der Waals surface area (Å²) in [5.41, 5.74) is 6.32. The van der Waals surface area contributed by atoms with Crippen LogP contribution in [0.1, 0.15) is 12.5 Å². The Hall–Kier alpha value is -1.86. The van der Waals surface area contributed by atoms with E-state index in [2.05, 4.69) is 4.74 Å². The summed E-state index contributed by atoms with van der Waals surface area (Å²) >= 11 is 0. The number of esters is 1. The maximum atomic E-state index is 11.6. The number of carbonyl (C=O) groups is 1. The molecule has 0 aliphatic carbocycles. The Kier molecular flexibility index (Phi) is 5.08. The van der Waals surface area contributed by atoms with Gasteiger partial charge in [0.2, 0.25) is 10.0 Å². The molecule has 0 unspecified atom stereocenters. The third kappa shape index (κ3) is 4.38. The zero-order valence-electron chi connectivity index (χ0n) is 10.5. The van der Waals surface area contributed by atoms with E-state index in [1.54, 1.807) is 31.2 Å². The molecule has 0 aliphatic heterocycles. The predicted molar refractivity (Wildman–Crippen MR) is 71.1 cm³/mol. The van der Waals surface area contributed by atoms with Gasteiger partial charge in [0.15, 0.2) is 4.91 Å². The normalized spacial score (nSPS) is 12.7. The van der Waals surface area contributed by atoms with Gasteiger partial charge in [-0.1, -0.05) is 30.3 Å². The molecule has 0 atom stereocenters. The molecule has 0 saturated carbocycles. The number of primary sulfonamides is 1. The fourth-order valence-electron chi connectivity index (χ4n) is 1.52. The molecular weight excluding hydrogens is 268 g/mol. The molecule has 0 bridgehead atoms. The maximum absolute atomic E-state index is 11.6. The van der Waals surface area contributed by atoms with E-state index in [1.807, 2.05) is 6.07 Å². The van der Waals surface area contributed by atoms with Gasteiger partial charge < -0.3 is 10.5 Å². The number of hydrogen-bond acceptors (Lipinski definition) is 5. The molecule has 0 aromatic heterocycles. The summed E-state index contributed by atoms with van der Waals surface area (Å²) in [6, 6.07) is 8.90. The molecule has 0 spiro atoms. The van der Waals surface area contributed by atoms with E-state index >= 15 is 0 Å². The Morgan fingerprint density at radius 3 is 2.32 bits per heavy atom. The second-order valence-corrected chi connectivity index (χ2v) is 5.28. The molecule has 0 amide bonds. The lowest BCUT2D eigenvalue weighted by Gasteiger charge is -2.09. The van der Waals surface area contributed by atoms with Crippen molar-refractivity contribution in [2.45, 2.75) is 13.3 Å². The van der Waals surface area contributed by atoms with Crippen molar-refractivity contribution in [2.75, 3.05) is 6.61 Å². The molecule has 7 heteroatoms. The van der Waals surface area contributed by atoms with Crippen LogP contribution in [0, 0.1) is 0 Å². The fourth-order valence-corrected chi connectivity index (χ4v) is 2.25. The molecule has 19 heavy (non-hydrogen) atoms. The van der Waals surface area contributed by atoms with Crippen LogP contribution in [0.25, 0.3) is 0 Å². The van der Waals surface area contributed by atoms with Crippen molar-refractivity contribution in [1.82, 2.24) is 0 Å². The lowest BCUT2D eigenvalue weighted by atomic mass is 10.1. The molecule has 0 fully saturated rings. The Bertz CT molecular complexity index is 579. The summed E-state index contributed by atoms with van der Waals surface area (Å²) in [7, 11) is -4.23. The molecule has 1 aromatic carbocycles. The number of ether oxygens (including phenoxy) is 1. The topological polar surface area (TPSA) is 112 Å². The van der Waals surface area contributed by atoms with Crippen LogP contribution >= 0.6 is 0 Å². The van der Waals surface area contributed by atoms with E-state index < -0.39 is 20.9 Å². The highest BCUT2D eigenvalue weighted by Crippen LogP contribution is 2.13. The van der Waals surface area contributed by atoms with Gasteiger partial charge in [0, 0.05) is 12.1 Å². The number of nitrogens with two attached hydrogens (primary N) is 2. The zero-order chi connectivity index (χ0) is 14.5. The highest BCUT2D eigenvalue weighted by molar-refractivity contribution is 7.94. The van der Waals surface area contributed by atoms with Crippen molar-refractivity contribution in [3.63, 3.8) is 0 Å². The van der Waals surface area contributed by atoms with E-state index in [0.29, 0.717) is 0 Å². The van der Waals surface area contributed by atoms with Crippen LogP contribution in [0.4, 0.5) is 0 Å². The van der Waals surface area contributed by atoms with Gasteiger partial charge in [0.25, 0.3) is 0 Å². The minimum Gasteiger partial charge on any atom is -0.462 e. The van der Waals surface area contributed by atoms with Crippen molar-refractivity contribution in [3.05, 3.63) is 46.5 Å². The first-order valence-corrected chi connectivity index (χ1v) is 7.13. The molecule has 1 rings (SSSR count). The highest BCUT2D eigenvalue weighted by Gasteiger charge is 2.26. The Morgan fingerprint density at radius 1 is 1.26 bits per heavy atom. The second kappa shape index (κ2) is 6.35. The zero-order valence-corrected chi connectivity index (χ0v) is 11.3. The number of allylic oxidation sites excluding steroid dienone is 1. The van der Waals surface area contributed by atoms with Crippen molar-refractivity contribution >= 4 is 16.0 Å². The Balaban J connectivity index is 3.14. The summed E-state index contributed by atoms with van der Waals surface area (Å²) in [5.74, 6) is -1.03. The van der Waals surface area contributed by atoms with Crippen molar-refractivity contribution in [1.29, 1.82) is 0 Å². The summed E-state index contributed by atoms with van der Waals surface area (Å²) in [6.07, 6.45) is 0.103. The fraction of sp³-hybridized carbons (Fsp3) is 0.250. The molecule has 6 nitrogen and oxygen atoms in total. The Labute approximate surface area is 112 Å². The monoisotopic (exact) mass is 284 g/mol. The van der Waals surface area contributed by atoms with Gasteiger partial charge in [-0.3, -0.25) is 0 Å². The van der Waals surface area contributed by atoms with Gasteiger partial charge in [-0.05, 0) is 12.5 Å². The quantitative estimate of drug-likeness (QED) is 0.594. The van der Waals surface area contributed by atoms with E-state index in [1.165, 1.54) is 0 Å².